The number of hydrogen-bond donors (Lipinski definition) is 0. The van der Waals surface area contributed by atoms with E-state index in [4.69, 9.17) is 9.73 Å². The zero-order valence-electron chi connectivity index (χ0n) is 29.8. The fraction of sp³-hybridized carbons (Fsp3) is 0.476. The first-order chi connectivity index (χ1) is 22.4. The minimum atomic E-state index is -0.241. The van der Waals surface area contributed by atoms with E-state index in [1.165, 1.54) is 38.7 Å². The molecule has 47 heavy (non-hydrogen) atoms. The SMILES string of the molecule is CCCC(=O)OCCN(CC)c1ccc(-c2cc3c(c4ccccc24)CC2(C=N3)N(CC(C)(C)C)C3=CC(C)CC=C3C2(C)C)cc1. The van der Waals surface area contributed by atoms with Crippen molar-refractivity contribution in [2.45, 2.75) is 86.6 Å². The topological polar surface area (TPSA) is 45.1 Å². The minimum absolute atomic E-state index is 0.0828. The quantitative estimate of drug-likeness (QED) is 0.221. The largest absolute Gasteiger partial charge is 0.464 e. The average molecular weight is 632 g/mol. The van der Waals surface area contributed by atoms with Gasteiger partial charge in [-0.15, -0.1) is 0 Å². The van der Waals surface area contributed by atoms with E-state index < -0.39 is 0 Å². The third-order valence-electron chi connectivity index (χ3n) is 10.6. The molecule has 5 heteroatoms. The number of esters is 1. The van der Waals surface area contributed by atoms with Crippen molar-refractivity contribution in [2.75, 3.05) is 31.1 Å². The summed E-state index contributed by atoms with van der Waals surface area (Å²) in [7, 11) is 0. The van der Waals surface area contributed by atoms with E-state index in [1.807, 2.05) is 6.92 Å². The second kappa shape index (κ2) is 12.6. The Labute approximate surface area is 282 Å². The minimum Gasteiger partial charge on any atom is -0.464 e. The Kier molecular flexibility index (Phi) is 8.88. The Morgan fingerprint density at radius 2 is 1.79 bits per heavy atom. The highest BCUT2D eigenvalue weighted by Gasteiger charge is 2.59. The Balaban J connectivity index is 1.37. The van der Waals surface area contributed by atoms with Crippen LogP contribution in [0.3, 0.4) is 0 Å². The van der Waals surface area contributed by atoms with Gasteiger partial charge in [0.05, 0.1) is 17.8 Å². The molecule has 2 aliphatic heterocycles. The predicted molar refractivity (Wildman–Crippen MR) is 198 cm³/mol. The number of carbonyl (C=O) groups is 1. The van der Waals surface area contributed by atoms with Crippen LogP contribution >= 0.6 is 0 Å². The van der Waals surface area contributed by atoms with E-state index in [0.717, 1.165) is 43.7 Å². The lowest BCUT2D eigenvalue weighted by atomic mass is 9.65. The number of aliphatic imine (C=N–C) groups is 1. The van der Waals surface area contributed by atoms with E-state index in [9.17, 15) is 4.79 Å². The molecular formula is C42H53N3O2. The molecule has 3 aromatic carbocycles. The number of likely N-dealkylation sites (tertiary alicyclic amines) is 1. The molecule has 2 unspecified atom stereocenters. The molecule has 0 amide bonds. The fourth-order valence-electron chi connectivity index (χ4n) is 8.00. The third kappa shape index (κ3) is 6.03. The van der Waals surface area contributed by atoms with Gasteiger partial charge in [0, 0.05) is 48.9 Å². The lowest BCUT2D eigenvalue weighted by Crippen LogP contribution is -2.57. The number of hydrogen-bond acceptors (Lipinski definition) is 5. The molecule has 0 radical (unpaired) electrons. The number of rotatable bonds is 9. The van der Waals surface area contributed by atoms with Gasteiger partial charge < -0.3 is 14.5 Å². The first-order valence-electron chi connectivity index (χ1n) is 17.7. The summed E-state index contributed by atoms with van der Waals surface area (Å²) in [4.78, 5) is 22.2. The van der Waals surface area contributed by atoms with E-state index in [0.29, 0.717) is 25.5 Å². The number of allylic oxidation sites excluding steroid dienone is 3. The molecule has 2 atom stereocenters. The smallest absolute Gasteiger partial charge is 0.305 e. The van der Waals surface area contributed by atoms with Crippen LogP contribution in [0.15, 0.2) is 83.0 Å². The van der Waals surface area contributed by atoms with Crippen molar-refractivity contribution in [3.63, 3.8) is 0 Å². The van der Waals surface area contributed by atoms with Crippen LogP contribution < -0.4 is 4.90 Å². The third-order valence-corrected chi connectivity index (χ3v) is 10.6. The van der Waals surface area contributed by atoms with Crippen LogP contribution in [0.25, 0.3) is 21.9 Å². The van der Waals surface area contributed by atoms with Crippen LogP contribution in [0.1, 0.15) is 80.2 Å². The summed E-state index contributed by atoms with van der Waals surface area (Å²) in [6, 6.07) is 20.0. The van der Waals surface area contributed by atoms with Gasteiger partial charge in [0.15, 0.2) is 0 Å². The summed E-state index contributed by atoms with van der Waals surface area (Å²) in [5, 5.41) is 2.56. The number of ether oxygens (including phenoxy) is 1. The van der Waals surface area contributed by atoms with Gasteiger partial charge in [0.25, 0.3) is 0 Å². The molecule has 1 saturated heterocycles. The average Bonchev–Trinajstić information content (AvgIpc) is 3.20. The van der Waals surface area contributed by atoms with E-state index >= 15 is 0 Å². The van der Waals surface area contributed by atoms with Crippen LogP contribution in [0.2, 0.25) is 0 Å². The summed E-state index contributed by atoms with van der Waals surface area (Å²) < 4.78 is 5.44. The normalized spacial score (nSPS) is 21.4. The zero-order chi connectivity index (χ0) is 33.6. The molecule has 0 saturated carbocycles. The van der Waals surface area contributed by atoms with Crippen molar-refractivity contribution in [3.05, 3.63) is 83.6 Å². The van der Waals surface area contributed by atoms with Gasteiger partial charge >= 0.3 is 5.97 Å². The van der Waals surface area contributed by atoms with Crippen molar-refractivity contribution >= 4 is 34.3 Å². The Hall–Kier alpha value is -3.86. The summed E-state index contributed by atoms with van der Waals surface area (Å²) >= 11 is 0. The number of nitrogens with zero attached hydrogens (tertiary/aromatic N) is 3. The molecule has 5 nitrogen and oxygen atoms in total. The molecule has 3 aliphatic rings. The van der Waals surface area contributed by atoms with E-state index in [1.54, 1.807) is 0 Å². The number of likely N-dealkylation sites (N-methyl/N-ethyl adjacent to an activating group) is 1. The van der Waals surface area contributed by atoms with Crippen molar-refractivity contribution in [1.82, 2.24) is 4.90 Å². The van der Waals surface area contributed by atoms with Gasteiger partial charge in [0.2, 0.25) is 0 Å². The van der Waals surface area contributed by atoms with E-state index in [2.05, 4.69) is 131 Å². The van der Waals surface area contributed by atoms with Crippen molar-refractivity contribution in [3.8, 4) is 11.1 Å². The Bertz CT molecular complexity index is 1740. The second-order valence-corrected chi connectivity index (χ2v) is 15.6. The molecular weight excluding hydrogens is 578 g/mol. The Morgan fingerprint density at radius 3 is 2.47 bits per heavy atom. The maximum absolute atomic E-state index is 11.8. The van der Waals surface area contributed by atoms with Crippen LogP contribution in [0.4, 0.5) is 11.4 Å². The van der Waals surface area contributed by atoms with Gasteiger partial charge in [-0.2, -0.15) is 0 Å². The van der Waals surface area contributed by atoms with Gasteiger partial charge in [-0.25, -0.2) is 0 Å². The molecule has 6 rings (SSSR count). The van der Waals surface area contributed by atoms with Crippen molar-refractivity contribution in [2.24, 2.45) is 21.7 Å². The van der Waals surface area contributed by atoms with Gasteiger partial charge in [-0.1, -0.05) is 97.0 Å². The second-order valence-electron chi connectivity index (χ2n) is 15.6. The number of fused-ring (bicyclic) bond motifs is 4. The molecule has 1 spiro atoms. The molecule has 2 heterocycles. The van der Waals surface area contributed by atoms with Gasteiger partial charge in [-0.3, -0.25) is 9.79 Å². The van der Waals surface area contributed by atoms with Gasteiger partial charge in [0.1, 0.15) is 6.61 Å². The lowest BCUT2D eigenvalue weighted by molar-refractivity contribution is -0.143. The maximum Gasteiger partial charge on any atom is 0.305 e. The first-order valence-corrected chi connectivity index (χ1v) is 17.7. The van der Waals surface area contributed by atoms with Crippen molar-refractivity contribution in [1.29, 1.82) is 0 Å². The Morgan fingerprint density at radius 1 is 1.06 bits per heavy atom. The number of anilines is 1. The zero-order valence-corrected chi connectivity index (χ0v) is 29.8. The molecule has 0 N–H and O–H groups in total. The monoisotopic (exact) mass is 631 g/mol. The van der Waals surface area contributed by atoms with E-state index in [-0.39, 0.29) is 22.3 Å². The molecule has 0 aromatic heterocycles. The molecule has 1 aliphatic carbocycles. The molecule has 3 aromatic rings. The van der Waals surface area contributed by atoms with Crippen LogP contribution in [0, 0.1) is 16.7 Å². The summed E-state index contributed by atoms with van der Waals surface area (Å²) in [6.45, 7) is 21.3. The molecule has 0 bridgehead atoms. The summed E-state index contributed by atoms with van der Waals surface area (Å²) in [5.74, 6) is 0.421. The maximum atomic E-state index is 11.8. The number of benzene rings is 3. The molecule has 248 valence electrons. The van der Waals surface area contributed by atoms with Gasteiger partial charge in [-0.05, 0) is 82.3 Å². The highest BCUT2D eigenvalue weighted by Crippen LogP contribution is 2.59. The summed E-state index contributed by atoms with van der Waals surface area (Å²) in [6.07, 6.45) is 10.6. The highest BCUT2D eigenvalue weighted by atomic mass is 16.5. The highest BCUT2D eigenvalue weighted by molar-refractivity contribution is 6.03. The van der Waals surface area contributed by atoms with Crippen LogP contribution in [0.5, 0.6) is 0 Å². The van der Waals surface area contributed by atoms with Crippen LogP contribution in [-0.2, 0) is 16.0 Å². The first kappa shape index (κ1) is 33.1. The number of carbonyl (C=O) groups excluding carboxylic acids is 1. The lowest BCUT2D eigenvalue weighted by Gasteiger charge is -2.48. The predicted octanol–water partition coefficient (Wildman–Crippen LogP) is 9.91. The van der Waals surface area contributed by atoms with Crippen LogP contribution in [-0.4, -0.2) is 48.9 Å². The standard InChI is InChI=1S/C42H53N3O2/c1-9-13-39(46)47-23-22-44(10-2)31-19-17-30(18-20-31)34-25-37-35(33-15-12-11-14-32(33)34)26-42(27-43-37)41(7,8)36-21-16-29(3)24-38(36)45(42)28-40(4,5)6/h11-12,14-15,17-21,24-25,27,29H,9-10,13,16,22-23,26,28H2,1-8H3. The summed E-state index contributed by atoms with van der Waals surface area (Å²) in [5.41, 5.74) is 8.66. The van der Waals surface area contributed by atoms with Crippen molar-refractivity contribution < 1.29 is 9.53 Å². The fourth-order valence-corrected chi connectivity index (χ4v) is 8.00. The molecule has 1 fully saturated rings.